The van der Waals surface area contributed by atoms with Crippen LogP contribution in [0.15, 0.2) is 48.5 Å². The molecule has 0 atom stereocenters. The number of amides is 1. The Morgan fingerprint density at radius 3 is 2.64 bits per heavy atom. The summed E-state index contributed by atoms with van der Waals surface area (Å²) in [7, 11) is 0. The molecule has 1 N–H and O–H groups in total. The lowest BCUT2D eigenvalue weighted by atomic mass is 9.94. The first-order chi connectivity index (χ1) is 13.5. The Hall–Kier alpha value is -2.92. The normalized spacial score (nSPS) is 13.3. The van der Waals surface area contributed by atoms with Gasteiger partial charge in [-0.25, -0.2) is 4.68 Å². The molecule has 0 spiro atoms. The van der Waals surface area contributed by atoms with Crippen molar-refractivity contribution in [2.24, 2.45) is 0 Å². The van der Waals surface area contributed by atoms with Crippen molar-refractivity contribution < 1.29 is 9.59 Å². The number of fused-ring (bicyclic) bond motifs is 1. The lowest BCUT2D eigenvalue weighted by Crippen LogP contribution is -2.23. The average Bonchev–Trinajstić information content (AvgIpc) is 3.05. The van der Waals surface area contributed by atoms with E-state index in [1.165, 1.54) is 0 Å². The topological polar surface area (TPSA) is 64.0 Å². The fourth-order valence-corrected chi connectivity index (χ4v) is 3.80. The van der Waals surface area contributed by atoms with Crippen LogP contribution in [0.2, 0.25) is 5.02 Å². The maximum Gasteiger partial charge on any atom is 0.251 e. The van der Waals surface area contributed by atoms with Gasteiger partial charge in [-0.2, -0.15) is 5.10 Å². The highest BCUT2D eigenvalue weighted by Crippen LogP contribution is 2.26. The van der Waals surface area contributed by atoms with Crippen LogP contribution in [0, 0.1) is 6.92 Å². The number of carbonyl (C=O) groups is 2. The van der Waals surface area contributed by atoms with Crippen LogP contribution in [0.25, 0.3) is 5.69 Å². The molecule has 28 heavy (non-hydrogen) atoms. The Morgan fingerprint density at radius 1 is 1.14 bits per heavy atom. The molecule has 5 nitrogen and oxygen atoms in total. The lowest BCUT2D eigenvalue weighted by Gasteiger charge is -2.13. The van der Waals surface area contributed by atoms with Gasteiger partial charge in [0.05, 0.1) is 22.6 Å². The van der Waals surface area contributed by atoms with Gasteiger partial charge in [-0.1, -0.05) is 29.8 Å². The molecule has 0 aliphatic heterocycles. The fourth-order valence-electron chi connectivity index (χ4n) is 3.60. The van der Waals surface area contributed by atoms with Gasteiger partial charge in [-0.15, -0.1) is 0 Å². The minimum absolute atomic E-state index is 0.166. The summed E-state index contributed by atoms with van der Waals surface area (Å²) in [4.78, 5) is 24.6. The number of rotatable bonds is 4. The van der Waals surface area contributed by atoms with Gasteiger partial charge in [0.15, 0.2) is 5.78 Å². The summed E-state index contributed by atoms with van der Waals surface area (Å²) >= 11 is 6.13. The van der Waals surface area contributed by atoms with Crippen molar-refractivity contribution in [3.05, 3.63) is 81.6 Å². The molecule has 1 aromatic heterocycles. The molecule has 3 aromatic rings. The second kappa shape index (κ2) is 7.60. The molecule has 1 aliphatic rings. The molecule has 0 radical (unpaired) electrons. The quantitative estimate of drug-likeness (QED) is 0.719. The summed E-state index contributed by atoms with van der Waals surface area (Å²) in [6.07, 6.45) is 2.27. The lowest BCUT2D eigenvalue weighted by molar-refractivity contribution is 0.0948. The molecular formula is C22H20ClN3O2. The van der Waals surface area contributed by atoms with Crippen LogP contribution < -0.4 is 5.32 Å². The zero-order valence-corrected chi connectivity index (χ0v) is 16.3. The summed E-state index contributed by atoms with van der Waals surface area (Å²) in [5.74, 6) is 0.000827. The van der Waals surface area contributed by atoms with Crippen molar-refractivity contribution in [3.8, 4) is 5.69 Å². The molecule has 0 unspecified atom stereocenters. The average molecular weight is 394 g/mol. The molecule has 1 amide bonds. The SMILES string of the molecule is Cc1nn(-c2ccc(C(=O)NCc3ccccc3Cl)cc2)c2c1C(=O)CCC2. The monoisotopic (exact) mass is 393 g/mol. The van der Waals surface area contributed by atoms with E-state index in [1.54, 1.807) is 18.2 Å². The van der Waals surface area contributed by atoms with E-state index in [1.807, 2.05) is 41.9 Å². The van der Waals surface area contributed by atoms with Crippen molar-refractivity contribution in [1.29, 1.82) is 0 Å². The minimum atomic E-state index is -0.166. The Bertz CT molecular complexity index is 1050. The maximum atomic E-state index is 12.4. The van der Waals surface area contributed by atoms with Crippen LogP contribution in [0.5, 0.6) is 0 Å². The van der Waals surface area contributed by atoms with E-state index < -0.39 is 0 Å². The van der Waals surface area contributed by atoms with Gasteiger partial charge in [0.1, 0.15) is 0 Å². The van der Waals surface area contributed by atoms with E-state index in [-0.39, 0.29) is 11.7 Å². The molecule has 6 heteroatoms. The molecule has 142 valence electrons. The Morgan fingerprint density at radius 2 is 1.89 bits per heavy atom. The van der Waals surface area contributed by atoms with E-state index in [9.17, 15) is 9.59 Å². The van der Waals surface area contributed by atoms with Gasteiger partial charge in [-0.3, -0.25) is 9.59 Å². The van der Waals surface area contributed by atoms with Crippen LogP contribution >= 0.6 is 11.6 Å². The van der Waals surface area contributed by atoms with Gasteiger partial charge in [0.2, 0.25) is 0 Å². The van der Waals surface area contributed by atoms with Crippen LogP contribution in [0.1, 0.15) is 50.5 Å². The minimum Gasteiger partial charge on any atom is -0.348 e. The first-order valence-corrected chi connectivity index (χ1v) is 9.66. The molecule has 2 aromatic carbocycles. The zero-order valence-electron chi connectivity index (χ0n) is 15.5. The number of nitrogens with zero attached hydrogens (tertiary/aromatic N) is 2. The van der Waals surface area contributed by atoms with Crippen LogP contribution in [0.3, 0.4) is 0 Å². The Labute approximate surface area is 168 Å². The summed E-state index contributed by atoms with van der Waals surface area (Å²) in [5.41, 5.74) is 4.77. The second-order valence-electron chi connectivity index (χ2n) is 6.92. The van der Waals surface area contributed by atoms with Crippen molar-refractivity contribution in [1.82, 2.24) is 15.1 Å². The summed E-state index contributed by atoms with van der Waals surface area (Å²) in [6.45, 7) is 2.24. The predicted molar refractivity (Wildman–Crippen MR) is 108 cm³/mol. The number of aryl methyl sites for hydroxylation is 1. The number of nitrogens with one attached hydrogen (secondary N) is 1. The number of hydrogen-bond acceptors (Lipinski definition) is 3. The number of Topliss-reactive ketones (excluding diaryl/α,β-unsaturated/α-hetero) is 1. The van der Waals surface area contributed by atoms with Gasteiger partial charge >= 0.3 is 0 Å². The molecule has 1 aliphatic carbocycles. The number of benzene rings is 2. The van der Waals surface area contributed by atoms with Crippen LogP contribution in [-0.4, -0.2) is 21.5 Å². The van der Waals surface area contributed by atoms with Gasteiger partial charge in [0.25, 0.3) is 5.91 Å². The van der Waals surface area contributed by atoms with E-state index in [2.05, 4.69) is 10.4 Å². The van der Waals surface area contributed by atoms with Gasteiger partial charge < -0.3 is 5.32 Å². The fraction of sp³-hybridized carbons (Fsp3) is 0.227. The summed E-state index contributed by atoms with van der Waals surface area (Å²) in [6, 6.07) is 14.7. The number of aromatic nitrogens is 2. The first kappa shape index (κ1) is 18.4. The van der Waals surface area contributed by atoms with E-state index >= 15 is 0 Å². The van der Waals surface area contributed by atoms with Crippen molar-refractivity contribution >= 4 is 23.3 Å². The largest absolute Gasteiger partial charge is 0.348 e. The Kier molecular flexibility index (Phi) is 5.01. The number of ketones is 1. The van der Waals surface area contributed by atoms with Gasteiger partial charge in [0, 0.05) is 23.6 Å². The molecule has 4 rings (SSSR count). The number of carbonyl (C=O) groups excluding carboxylic acids is 2. The standard InChI is InChI=1S/C22H20ClN3O2/c1-14-21-19(7-4-8-20(21)27)26(25-14)17-11-9-15(10-12-17)22(28)24-13-16-5-2-3-6-18(16)23/h2-3,5-6,9-12H,4,7-8,13H2,1H3,(H,24,28). The van der Waals surface area contributed by atoms with Crippen LogP contribution in [0.4, 0.5) is 0 Å². The smallest absolute Gasteiger partial charge is 0.251 e. The summed E-state index contributed by atoms with van der Waals surface area (Å²) < 4.78 is 1.83. The number of hydrogen-bond donors (Lipinski definition) is 1. The molecule has 1 heterocycles. The van der Waals surface area contributed by atoms with Crippen LogP contribution in [-0.2, 0) is 13.0 Å². The third-order valence-corrected chi connectivity index (χ3v) is 5.39. The van der Waals surface area contributed by atoms with E-state index in [4.69, 9.17) is 11.6 Å². The third kappa shape index (κ3) is 3.45. The van der Waals surface area contributed by atoms with Crippen molar-refractivity contribution in [3.63, 3.8) is 0 Å². The van der Waals surface area contributed by atoms with Crippen molar-refractivity contribution in [2.45, 2.75) is 32.7 Å². The highest BCUT2D eigenvalue weighted by molar-refractivity contribution is 6.31. The van der Waals surface area contributed by atoms with E-state index in [0.29, 0.717) is 23.6 Å². The van der Waals surface area contributed by atoms with Crippen molar-refractivity contribution in [2.75, 3.05) is 0 Å². The first-order valence-electron chi connectivity index (χ1n) is 9.28. The molecule has 0 bridgehead atoms. The Balaban J connectivity index is 1.52. The maximum absolute atomic E-state index is 12.4. The van der Waals surface area contributed by atoms with E-state index in [0.717, 1.165) is 41.0 Å². The molecule has 0 saturated carbocycles. The number of halogens is 1. The molecule has 0 saturated heterocycles. The predicted octanol–water partition coefficient (Wildman–Crippen LogP) is 4.28. The summed E-state index contributed by atoms with van der Waals surface area (Å²) in [5, 5.41) is 8.07. The molecule has 0 fully saturated rings. The third-order valence-electron chi connectivity index (χ3n) is 5.02. The van der Waals surface area contributed by atoms with Gasteiger partial charge in [-0.05, 0) is 55.7 Å². The zero-order chi connectivity index (χ0) is 19.7. The highest BCUT2D eigenvalue weighted by Gasteiger charge is 2.25. The highest BCUT2D eigenvalue weighted by atomic mass is 35.5. The second-order valence-corrected chi connectivity index (χ2v) is 7.32. The molecular weight excluding hydrogens is 374 g/mol.